The Morgan fingerprint density at radius 2 is 2.10 bits per heavy atom. The van der Waals surface area contributed by atoms with E-state index >= 15 is 0 Å². The number of fused-ring (bicyclic) bond motifs is 1. The first-order valence-electron chi connectivity index (χ1n) is 6.96. The fraction of sp³-hybridized carbons (Fsp3) is 0.533. The Bertz CT molecular complexity index is 500. The van der Waals surface area contributed by atoms with Gasteiger partial charge in [0.25, 0.3) is 0 Å². The van der Waals surface area contributed by atoms with Crippen molar-refractivity contribution in [2.24, 2.45) is 0 Å². The van der Waals surface area contributed by atoms with Gasteiger partial charge in [-0.1, -0.05) is 6.07 Å². The van der Waals surface area contributed by atoms with Gasteiger partial charge in [-0.3, -0.25) is 9.69 Å². The molecule has 1 aromatic rings. The number of ether oxygens (including phenoxy) is 1. The van der Waals surface area contributed by atoms with Gasteiger partial charge in [0.05, 0.1) is 6.61 Å². The van der Waals surface area contributed by atoms with Gasteiger partial charge in [-0.2, -0.15) is 0 Å². The van der Waals surface area contributed by atoms with Gasteiger partial charge < -0.3 is 4.74 Å². The number of nitrogens with zero attached hydrogens (tertiary/aromatic N) is 1. The zero-order valence-electron chi connectivity index (χ0n) is 11.1. The SMILES string of the molecule is O=C(Cc1c(F)cccc1F)C1CN2CCCC2CO1. The summed E-state index contributed by atoms with van der Waals surface area (Å²) in [5.74, 6) is -1.60. The average Bonchev–Trinajstić information content (AvgIpc) is 2.90. The smallest absolute Gasteiger partial charge is 0.167 e. The monoisotopic (exact) mass is 281 g/mol. The second-order valence-electron chi connectivity index (χ2n) is 5.46. The molecule has 0 N–H and O–H groups in total. The Labute approximate surface area is 116 Å². The summed E-state index contributed by atoms with van der Waals surface area (Å²) in [5, 5.41) is 0. The topological polar surface area (TPSA) is 29.5 Å². The Kier molecular flexibility index (Phi) is 3.81. The fourth-order valence-corrected chi connectivity index (χ4v) is 3.00. The van der Waals surface area contributed by atoms with E-state index in [4.69, 9.17) is 4.74 Å². The van der Waals surface area contributed by atoms with Crippen LogP contribution in [0.4, 0.5) is 8.78 Å². The lowest BCUT2D eigenvalue weighted by Crippen LogP contribution is -2.49. The third-order valence-electron chi connectivity index (χ3n) is 4.16. The van der Waals surface area contributed by atoms with Crippen LogP contribution in [0.5, 0.6) is 0 Å². The van der Waals surface area contributed by atoms with Crippen molar-refractivity contribution in [1.82, 2.24) is 4.90 Å². The van der Waals surface area contributed by atoms with Gasteiger partial charge in [-0.25, -0.2) is 8.78 Å². The van der Waals surface area contributed by atoms with Crippen molar-refractivity contribution in [2.75, 3.05) is 19.7 Å². The highest BCUT2D eigenvalue weighted by Crippen LogP contribution is 2.24. The Morgan fingerprint density at radius 1 is 1.35 bits per heavy atom. The number of carbonyl (C=O) groups is 1. The van der Waals surface area contributed by atoms with Crippen LogP contribution in [0.25, 0.3) is 0 Å². The second-order valence-corrected chi connectivity index (χ2v) is 5.46. The van der Waals surface area contributed by atoms with Crippen LogP contribution in [-0.4, -0.2) is 42.5 Å². The highest BCUT2D eigenvalue weighted by Gasteiger charge is 2.35. The van der Waals surface area contributed by atoms with E-state index in [1.165, 1.54) is 18.2 Å². The van der Waals surface area contributed by atoms with Crippen LogP contribution in [0.3, 0.4) is 0 Å². The summed E-state index contributed by atoms with van der Waals surface area (Å²) in [6.45, 7) is 2.06. The van der Waals surface area contributed by atoms with Crippen molar-refractivity contribution in [3.05, 3.63) is 35.4 Å². The molecule has 108 valence electrons. The Balaban J connectivity index is 1.67. The predicted octanol–water partition coefficient (Wildman–Crippen LogP) is 1.94. The first-order valence-corrected chi connectivity index (χ1v) is 6.96. The molecule has 0 spiro atoms. The van der Waals surface area contributed by atoms with Crippen LogP contribution in [0.15, 0.2) is 18.2 Å². The number of rotatable bonds is 3. The molecule has 2 aliphatic rings. The van der Waals surface area contributed by atoms with E-state index in [2.05, 4.69) is 4.90 Å². The van der Waals surface area contributed by atoms with Crippen molar-refractivity contribution >= 4 is 5.78 Å². The van der Waals surface area contributed by atoms with Crippen LogP contribution in [0, 0.1) is 11.6 Å². The standard InChI is InChI=1S/C15H17F2NO2/c16-12-4-1-5-13(17)11(12)7-14(19)15-8-18-6-2-3-10(18)9-20-15/h1,4-5,10,15H,2-3,6-9H2. The minimum Gasteiger partial charge on any atom is -0.367 e. The molecule has 2 unspecified atom stereocenters. The number of halogens is 2. The number of carbonyl (C=O) groups excluding carboxylic acids is 1. The van der Waals surface area contributed by atoms with Gasteiger partial charge in [-0.05, 0) is 31.5 Å². The van der Waals surface area contributed by atoms with E-state index in [0.717, 1.165) is 19.4 Å². The maximum absolute atomic E-state index is 13.5. The van der Waals surface area contributed by atoms with Crippen LogP contribution in [0.1, 0.15) is 18.4 Å². The molecule has 2 aliphatic heterocycles. The van der Waals surface area contributed by atoms with Crippen molar-refractivity contribution in [3.63, 3.8) is 0 Å². The molecule has 2 saturated heterocycles. The summed E-state index contributed by atoms with van der Waals surface area (Å²) in [5.41, 5.74) is -0.162. The number of morpholine rings is 1. The first-order chi connectivity index (χ1) is 9.65. The molecule has 3 rings (SSSR count). The molecule has 0 saturated carbocycles. The van der Waals surface area contributed by atoms with Gasteiger partial charge in [0, 0.05) is 24.6 Å². The second kappa shape index (κ2) is 5.58. The third-order valence-corrected chi connectivity index (χ3v) is 4.16. The zero-order chi connectivity index (χ0) is 14.1. The number of hydrogen-bond acceptors (Lipinski definition) is 3. The molecule has 0 radical (unpaired) electrons. The molecule has 5 heteroatoms. The van der Waals surface area contributed by atoms with E-state index in [-0.39, 0.29) is 17.8 Å². The molecule has 2 heterocycles. The van der Waals surface area contributed by atoms with E-state index in [9.17, 15) is 13.6 Å². The molecule has 1 aromatic carbocycles. The van der Waals surface area contributed by atoms with Crippen LogP contribution < -0.4 is 0 Å². The van der Waals surface area contributed by atoms with E-state index in [1.807, 2.05) is 0 Å². The maximum Gasteiger partial charge on any atom is 0.167 e. The largest absolute Gasteiger partial charge is 0.367 e. The molecule has 2 atom stereocenters. The summed E-state index contributed by atoms with van der Waals surface area (Å²) < 4.78 is 32.7. The summed E-state index contributed by atoms with van der Waals surface area (Å²) in [6, 6.07) is 4.04. The van der Waals surface area contributed by atoms with Crippen molar-refractivity contribution in [3.8, 4) is 0 Å². The van der Waals surface area contributed by atoms with Gasteiger partial charge in [0.1, 0.15) is 17.7 Å². The van der Waals surface area contributed by atoms with Crippen molar-refractivity contribution in [1.29, 1.82) is 0 Å². The molecule has 0 aliphatic carbocycles. The van der Waals surface area contributed by atoms with Gasteiger partial charge in [-0.15, -0.1) is 0 Å². The number of Topliss-reactive ketones (excluding diaryl/α,β-unsaturated/α-hetero) is 1. The summed E-state index contributed by atoms with van der Waals surface area (Å²) in [4.78, 5) is 14.4. The Hall–Kier alpha value is -1.33. The maximum atomic E-state index is 13.5. The molecule has 2 fully saturated rings. The molecule has 0 amide bonds. The van der Waals surface area contributed by atoms with Crippen molar-refractivity contribution < 1.29 is 18.3 Å². The molecular weight excluding hydrogens is 264 g/mol. The minimum atomic E-state index is -0.673. The highest BCUT2D eigenvalue weighted by molar-refractivity contribution is 5.85. The zero-order valence-corrected chi connectivity index (χ0v) is 11.1. The van der Waals surface area contributed by atoms with Gasteiger partial charge >= 0.3 is 0 Å². The van der Waals surface area contributed by atoms with Crippen LogP contribution >= 0.6 is 0 Å². The lowest BCUT2D eigenvalue weighted by atomic mass is 10.0. The van der Waals surface area contributed by atoms with Gasteiger partial charge in [0.15, 0.2) is 5.78 Å². The molecule has 3 nitrogen and oxygen atoms in total. The first kappa shape index (κ1) is 13.6. The fourth-order valence-electron chi connectivity index (χ4n) is 3.00. The number of hydrogen-bond donors (Lipinski definition) is 0. The Morgan fingerprint density at radius 3 is 2.85 bits per heavy atom. The predicted molar refractivity (Wildman–Crippen MR) is 69.4 cm³/mol. The lowest BCUT2D eigenvalue weighted by molar-refractivity contribution is -0.137. The number of benzene rings is 1. The molecular formula is C15H17F2NO2. The minimum absolute atomic E-state index is 0.162. The van der Waals surface area contributed by atoms with E-state index < -0.39 is 17.7 Å². The van der Waals surface area contributed by atoms with E-state index in [1.54, 1.807) is 0 Å². The van der Waals surface area contributed by atoms with E-state index in [0.29, 0.717) is 19.2 Å². The van der Waals surface area contributed by atoms with Crippen molar-refractivity contribution in [2.45, 2.75) is 31.4 Å². The van der Waals surface area contributed by atoms with Crippen LogP contribution in [0.2, 0.25) is 0 Å². The average molecular weight is 281 g/mol. The molecule has 0 aromatic heterocycles. The summed E-state index contributed by atoms with van der Waals surface area (Å²) in [6.07, 6.45) is 1.41. The lowest BCUT2D eigenvalue weighted by Gasteiger charge is -2.34. The normalized spacial score (nSPS) is 26.5. The third kappa shape index (κ3) is 2.60. The molecule has 20 heavy (non-hydrogen) atoms. The molecule has 0 bridgehead atoms. The summed E-state index contributed by atoms with van der Waals surface area (Å²) in [7, 11) is 0. The summed E-state index contributed by atoms with van der Waals surface area (Å²) >= 11 is 0. The van der Waals surface area contributed by atoms with Crippen LogP contribution in [-0.2, 0) is 16.0 Å². The number of ketones is 1. The quantitative estimate of drug-likeness (QED) is 0.848. The van der Waals surface area contributed by atoms with Gasteiger partial charge in [0.2, 0.25) is 0 Å². The highest BCUT2D eigenvalue weighted by atomic mass is 19.1.